The Hall–Kier alpha value is -0.330. The molecule has 0 spiro atoms. The molecule has 1 N–H and O–H groups in total. The number of aromatic amines is 1. The van der Waals surface area contributed by atoms with Crippen molar-refractivity contribution in [2.75, 3.05) is 0 Å². The summed E-state index contributed by atoms with van der Waals surface area (Å²) >= 11 is 4.76. The second kappa shape index (κ2) is 2.85. The van der Waals surface area contributed by atoms with Crippen LogP contribution < -0.4 is 10.4 Å². The van der Waals surface area contributed by atoms with Gasteiger partial charge in [0.1, 0.15) is 0 Å². The second-order valence-corrected chi connectivity index (χ2v) is 2.55. The largest absolute Gasteiger partial charge is 0.239 e. The van der Waals surface area contributed by atoms with Crippen molar-refractivity contribution in [3.63, 3.8) is 0 Å². The van der Waals surface area contributed by atoms with E-state index in [0.717, 1.165) is 12.8 Å². The molecule has 0 amide bonds. The molecule has 1 aromatic rings. The molecule has 0 aliphatic rings. The minimum Gasteiger partial charge on any atom is -0.207 e. The van der Waals surface area contributed by atoms with Crippen LogP contribution in [0, 0.1) is 0 Å². The fraction of sp³-hybridized carbons (Fsp3) is 0. The van der Waals surface area contributed by atoms with Crippen LogP contribution in [0.5, 0.6) is 0 Å². The number of hydrogen-bond donors (Lipinski definition) is 0. The molecule has 0 unspecified atom stereocenters. The smallest absolute Gasteiger partial charge is 0.207 e. The number of hydrogen-bond acceptors (Lipinski definition) is 1. The van der Waals surface area contributed by atoms with Crippen LogP contribution in [0.1, 0.15) is 0 Å². The van der Waals surface area contributed by atoms with Crippen molar-refractivity contribution in [2.24, 2.45) is 0 Å². The summed E-state index contributed by atoms with van der Waals surface area (Å²) in [5, 5.41) is 0. The Morgan fingerprint density at radius 3 is 2.75 bits per heavy atom. The van der Waals surface area contributed by atoms with E-state index in [1.54, 1.807) is 0 Å². The number of rotatable bonds is 1. The Kier molecular flexibility index (Phi) is 2.07. The lowest BCUT2D eigenvalue weighted by Crippen LogP contribution is -2.18. The molecule has 0 saturated heterocycles. The van der Waals surface area contributed by atoms with E-state index in [-0.39, 0.29) is 0 Å². The van der Waals surface area contributed by atoms with Crippen molar-refractivity contribution < 1.29 is 4.98 Å². The Bertz CT molecular complexity index is 175. The second-order valence-electron chi connectivity index (χ2n) is 1.34. The molecule has 0 aromatic carbocycles. The SMILES string of the molecule is S=Pc1cccc[nH+]1. The first-order chi connectivity index (χ1) is 3.93. The molecule has 0 bridgehead atoms. The predicted molar refractivity (Wildman–Crippen MR) is 36.9 cm³/mol. The van der Waals surface area contributed by atoms with E-state index in [0.29, 0.717) is 0 Å². The zero-order valence-corrected chi connectivity index (χ0v) is 5.88. The van der Waals surface area contributed by atoms with E-state index < -0.39 is 0 Å². The van der Waals surface area contributed by atoms with Gasteiger partial charge in [0, 0.05) is 12.1 Å². The monoisotopic (exact) mass is 142 g/mol. The third-order valence-corrected chi connectivity index (χ3v) is 1.86. The van der Waals surface area contributed by atoms with Crippen molar-refractivity contribution >= 4 is 24.6 Å². The van der Waals surface area contributed by atoms with Crippen LogP contribution in [-0.4, -0.2) is 0 Å². The molecule has 3 heteroatoms. The van der Waals surface area contributed by atoms with Crippen LogP contribution in [0.25, 0.3) is 0 Å². The van der Waals surface area contributed by atoms with Crippen molar-refractivity contribution in [3.05, 3.63) is 24.4 Å². The van der Waals surface area contributed by atoms with Crippen molar-refractivity contribution in [2.45, 2.75) is 0 Å². The van der Waals surface area contributed by atoms with Gasteiger partial charge < -0.3 is 0 Å². The molecule has 1 rings (SSSR count). The van der Waals surface area contributed by atoms with Gasteiger partial charge >= 0.3 is 0 Å². The molecule has 1 nitrogen and oxygen atoms in total. The van der Waals surface area contributed by atoms with Crippen LogP contribution in [-0.2, 0) is 11.8 Å². The van der Waals surface area contributed by atoms with Crippen LogP contribution in [0.4, 0.5) is 0 Å². The maximum atomic E-state index is 4.76. The molecule has 0 radical (unpaired) electrons. The summed E-state index contributed by atoms with van der Waals surface area (Å²) in [6.07, 6.45) is 1.87. The van der Waals surface area contributed by atoms with Crippen molar-refractivity contribution in [1.29, 1.82) is 0 Å². The summed E-state index contributed by atoms with van der Waals surface area (Å²) in [7, 11) is 0.877. The van der Waals surface area contributed by atoms with Gasteiger partial charge in [-0.15, -0.1) is 0 Å². The van der Waals surface area contributed by atoms with Crippen LogP contribution in [0.3, 0.4) is 0 Å². The van der Waals surface area contributed by atoms with Gasteiger partial charge in [0.2, 0.25) is 5.44 Å². The highest BCUT2D eigenvalue weighted by Gasteiger charge is 1.88. The quantitative estimate of drug-likeness (QED) is 0.522. The van der Waals surface area contributed by atoms with Gasteiger partial charge in [-0.25, -0.2) is 4.98 Å². The van der Waals surface area contributed by atoms with Crippen molar-refractivity contribution in [3.8, 4) is 0 Å². The Labute approximate surface area is 54.6 Å². The summed E-state index contributed by atoms with van der Waals surface area (Å²) in [4.78, 5) is 3.00. The lowest BCUT2D eigenvalue weighted by molar-refractivity contribution is -0.354. The third kappa shape index (κ3) is 1.32. The van der Waals surface area contributed by atoms with Crippen LogP contribution in [0.2, 0.25) is 0 Å². The van der Waals surface area contributed by atoms with E-state index in [1.807, 2.05) is 24.4 Å². The van der Waals surface area contributed by atoms with Crippen LogP contribution in [0.15, 0.2) is 24.4 Å². The number of pyridine rings is 1. The summed E-state index contributed by atoms with van der Waals surface area (Å²) in [6.45, 7) is 0. The summed E-state index contributed by atoms with van der Waals surface area (Å²) in [5.41, 5.74) is 1.07. The first-order valence-corrected chi connectivity index (χ1v) is 4.14. The fourth-order valence-electron chi connectivity index (χ4n) is 0.441. The number of aromatic nitrogens is 1. The van der Waals surface area contributed by atoms with Gasteiger partial charge in [-0.3, -0.25) is 0 Å². The Balaban J connectivity index is 2.99. The van der Waals surface area contributed by atoms with Gasteiger partial charge in [0.25, 0.3) is 0 Å². The summed E-state index contributed by atoms with van der Waals surface area (Å²) in [6, 6.07) is 5.86. The highest BCUT2D eigenvalue weighted by atomic mass is 32.4. The predicted octanol–water partition coefficient (Wildman–Crippen LogP) is 0.534. The minimum absolute atomic E-state index is 0.877. The molecule has 0 fully saturated rings. The highest BCUT2D eigenvalue weighted by molar-refractivity contribution is 7.99. The standard InChI is InChI=1S/C5H4NPS/c8-7-5-3-1-2-4-6-5/h1-4H/p+1. The normalized spacial score (nSPS) is 9.50. The topological polar surface area (TPSA) is 14.1 Å². The van der Waals surface area contributed by atoms with E-state index in [1.165, 1.54) is 0 Å². The molecule has 0 aliphatic carbocycles. The van der Waals surface area contributed by atoms with E-state index in [4.69, 9.17) is 11.8 Å². The van der Waals surface area contributed by atoms with Gasteiger partial charge in [-0.05, 0) is 17.9 Å². The zero-order chi connectivity index (χ0) is 5.82. The summed E-state index contributed by atoms with van der Waals surface area (Å²) in [5.74, 6) is 0. The Morgan fingerprint density at radius 2 is 2.38 bits per heavy atom. The van der Waals surface area contributed by atoms with E-state index in [2.05, 4.69) is 4.98 Å². The van der Waals surface area contributed by atoms with Gasteiger partial charge in [0.15, 0.2) is 6.20 Å². The average Bonchev–Trinajstić information content (AvgIpc) is 1.90. The molecule has 0 saturated carbocycles. The van der Waals surface area contributed by atoms with E-state index >= 15 is 0 Å². The first kappa shape index (κ1) is 5.80. The molecule has 1 aromatic heterocycles. The van der Waals surface area contributed by atoms with Gasteiger partial charge in [-0.1, -0.05) is 0 Å². The zero-order valence-electron chi connectivity index (χ0n) is 4.16. The summed E-state index contributed by atoms with van der Waals surface area (Å²) < 4.78 is 0. The lowest BCUT2D eigenvalue weighted by atomic mass is 10.5. The van der Waals surface area contributed by atoms with Crippen LogP contribution >= 0.6 is 7.36 Å². The average molecular weight is 142 g/mol. The van der Waals surface area contributed by atoms with Gasteiger partial charge in [0.05, 0.1) is 7.36 Å². The first-order valence-electron chi connectivity index (χ1n) is 2.23. The fourth-order valence-corrected chi connectivity index (χ4v) is 1.06. The maximum absolute atomic E-state index is 4.76. The molecular formula is C5H5NPS+. The number of nitrogens with one attached hydrogen (secondary N) is 1. The maximum Gasteiger partial charge on any atom is 0.239 e. The molecule has 8 heavy (non-hydrogen) atoms. The van der Waals surface area contributed by atoms with Gasteiger partial charge in [-0.2, -0.15) is 0 Å². The molecule has 0 aliphatic heterocycles. The minimum atomic E-state index is 0.877. The molecular weight excluding hydrogens is 137 g/mol. The number of H-pyrrole nitrogens is 1. The van der Waals surface area contributed by atoms with Crippen molar-refractivity contribution in [1.82, 2.24) is 0 Å². The molecule has 1 heterocycles. The highest BCUT2D eigenvalue weighted by Crippen LogP contribution is 1.85. The van der Waals surface area contributed by atoms with E-state index in [9.17, 15) is 0 Å². The Morgan fingerprint density at radius 1 is 1.50 bits per heavy atom. The third-order valence-electron chi connectivity index (χ3n) is 0.791. The molecule has 40 valence electrons. The lowest BCUT2D eigenvalue weighted by Gasteiger charge is -1.74. The molecule has 0 atom stereocenters.